The molecule has 0 spiro atoms. The number of hydrogen-bond acceptors (Lipinski definition) is 7. The van der Waals surface area contributed by atoms with Crippen LogP contribution in [0.3, 0.4) is 0 Å². The molecule has 1 atom stereocenters. The third-order valence-electron chi connectivity index (χ3n) is 3.83. The Morgan fingerprint density at radius 1 is 1.34 bits per heavy atom. The van der Waals surface area contributed by atoms with Gasteiger partial charge in [-0.05, 0) is 34.1 Å². The van der Waals surface area contributed by atoms with E-state index in [0.29, 0.717) is 17.1 Å². The minimum atomic E-state index is -1.29. The number of halogens is 3. The summed E-state index contributed by atoms with van der Waals surface area (Å²) in [4.78, 5) is 19.6. The Labute approximate surface area is 171 Å². The summed E-state index contributed by atoms with van der Waals surface area (Å²) >= 11 is 3.22. The zero-order valence-corrected chi connectivity index (χ0v) is 16.4. The first-order valence-corrected chi connectivity index (χ1v) is 8.87. The molecule has 0 aliphatic rings. The molecule has 2 heterocycles. The van der Waals surface area contributed by atoms with Gasteiger partial charge >= 0.3 is 0 Å². The van der Waals surface area contributed by atoms with Gasteiger partial charge in [0.2, 0.25) is 11.8 Å². The molecule has 0 fully saturated rings. The molecule has 1 unspecified atom stereocenters. The first kappa shape index (κ1) is 20.7. The fraction of sp³-hybridized carbons (Fsp3) is 0.167. The van der Waals surface area contributed by atoms with Gasteiger partial charge in [-0.15, -0.1) is 0 Å². The topological polar surface area (TPSA) is 121 Å². The molecule has 8 nitrogen and oxygen atoms in total. The van der Waals surface area contributed by atoms with Crippen molar-refractivity contribution in [2.45, 2.75) is 6.10 Å². The van der Waals surface area contributed by atoms with Crippen molar-refractivity contribution in [3.8, 4) is 22.9 Å². The van der Waals surface area contributed by atoms with Crippen LogP contribution < -0.4 is 15.2 Å². The number of hydrogen-bond donors (Lipinski definition) is 2. The van der Waals surface area contributed by atoms with Crippen LogP contribution >= 0.6 is 15.9 Å². The van der Waals surface area contributed by atoms with E-state index < -0.39 is 41.6 Å². The number of methoxy groups -OCH3 is 1. The smallest absolute Gasteiger partial charge is 0.254 e. The number of carbonyl (C=O) groups excluding carboxylic acids is 1. The SMILES string of the molecule is COc1ccc(-c2nc(C(CO)Oc3ccc(F)c(C(N)=O)c3F)oc2Br)cn1. The van der Waals surface area contributed by atoms with Crippen molar-refractivity contribution >= 4 is 21.8 Å². The van der Waals surface area contributed by atoms with Gasteiger partial charge in [0.05, 0.1) is 13.7 Å². The third-order valence-corrected chi connectivity index (χ3v) is 4.37. The highest BCUT2D eigenvalue weighted by Gasteiger charge is 2.26. The lowest BCUT2D eigenvalue weighted by atomic mass is 10.1. The van der Waals surface area contributed by atoms with Crippen molar-refractivity contribution in [3.05, 3.63) is 58.2 Å². The molecule has 3 N–H and O–H groups in total. The van der Waals surface area contributed by atoms with E-state index in [0.717, 1.165) is 12.1 Å². The summed E-state index contributed by atoms with van der Waals surface area (Å²) in [5.74, 6) is -3.89. The third kappa shape index (κ3) is 4.20. The number of aliphatic hydroxyl groups is 1. The second-order valence-electron chi connectivity index (χ2n) is 5.65. The number of aliphatic hydroxyl groups excluding tert-OH is 1. The van der Waals surface area contributed by atoms with Crippen LogP contribution in [0.15, 0.2) is 39.5 Å². The molecule has 0 radical (unpaired) electrons. The minimum Gasteiger partial charge on any atom is -0.481 e. The van der Waals surface area contributed by atoms with Gasteiger partial charge in [-0.1, -0.05) is 0 Å². The normalized spacial score (nSPS) is 11.9. The maximum atomic E-state index is 14.4. The number of oxazole rings is 1. The van der Waals surface area contributed by atoms with Gasteiger partial charge in [-0.2, -0.15) is 0 Å². The molecule has 1 aromatic carbocycles. The van der Waals surface area contributed by atoms with E-state index in [4.69, 9.17) is 19.6 Å². The van der Waals surface area contributed by atoms with Gasteiger partial charge in [0.1, 0.15) is 17.1 Å². The molecule has 11 heteroatoms. The summed E-state index contributed by atoms with van der Waals surface area (Å²) in [6.07, 6.45) is 0.255. The Bertz CT molecular complexity index is 1040. The van der Waals surface area contributed by atoms with Crippen LogP contribution in [0, 0.1) is 11.6 Å². The summed E-state index contributed by atoms with van der Waals surface area (Å²) in [5, 5.41) is 9.65. The molecule has 3 rings (SSSR count). The molecule has 2 aromatic heterocycles. The zero-order chi connectivity index (χ0) is 21.1. The monoisotopic (exact) mass is 469 g/mol. The fourth-order valence-corrected chi connectivity index (χ4v) is 2.93. The number of nitrogens with two attached hydrogens (primary N) is 1. The molecule has 0 bridgehead atoms. The second-order valence-corrected chi connectivity index (χ2v) is 6.37. The zero-order valence-electron chi connectivity index (χ0n) is 14.9. The number of amides is 1. The second kappa shape index (κ2) is 8.53. The molecule has 0 saturated carbocycles. The number of benzene rings is 1. The fourth-order valence-electron chi connectivity index (χ4n) is 2.44. The maximum Gasteiger partial charge on any atom is 0.254 e. The number of carbonyl (C=O) groups is 1. The van der Waals surface area contributed by atoms with Gasteiger partial charge < -0.3 is 24.7 Å². The van der Waals surface area contributed by atoms with E-state index in [9.17, 15) is 18.7 Å². The molecular formula is C18H14BrF2N3O5. The van der Waals surface area contributed by atoms with E-state index in [-0.39, 0.29) is 10.6 Å². The Hall–Kier alpha value is -3.05. The average molecular weight is 470 g/mol. The van der Waals surface area contributed by atoms with Crippen molar-refractivity contribution in [1.29, 1.82) is 0 Å². The quantitative estimate of drug-likeness (QED) is 0.545. The Morgan fingerprint density at radius 2 is 2.10 bits per heavy atom. The first-order valence-electron chi connectivity index (χ1n) is 8.07. The highest BCUT2D eigenvalue weighted by atomic mass is 79.9. The van der Waals surface area contributed by atoms with Crippen molar-refractivity contribution in [2.24, 2.45) is 5.73 Å². The van der Waals surface area contributed by atoms with Crippen LogP contribution in [0.4, 0.5) is 8.78 Å². The standard InChI is InChI=1S/C18H14BrF2N3O5/c1-27-12-5-2-8(6-23-12)15-16(19)29-18(24-15)11(7-25)28-10-4-3-9(20)13(14(10)21)17(22)26/h2-6,11,25H,7H2,1H3,(H2,22,26). The van der Waals surface area contributed by atoms with Crippen LogP contribution in [0.2, 0.25) is 0 Å². The molecule has 1 amide bonds. The Morgan fingerprint density at radius 3 is 2.69 bits per heavy atom. The minimum absolute atomic E-state index is 0.0884. The number of ether oxygens (including phenoxy) is 2. The highest BCUT2D eigenvalue weighted by Crippen LogP contribution is 2.33. The predicted molar refractivity (Wildman–Crippen MR) is 99.3 cm³/mol. The lowest BCUT2D eigenvalue weighted by molar-refractivity contribution is 0.0880. The lowest BCUT2D eigenvalue weighted by Crippen LogP contribution is -2.18. The van der Waals surface area contributed by atoms with Crippen molar-refractivity contribution in [2.75, 3.05) is 13.7 Å². The summed E-state index contributed by atoms with van der Waals surface area (Å²) in [5.41, 5.74) is 4.98. The average Bonchev–Trinajstić information content (AvgIpc) is 3.08. The van der Waals surface area contributed by atoms with E-state index >= 15 is 0 Å². The van der Waals surface area contributed by atoms with Gasteiger partial charge in [-0.25, -0.2) is 18.7 Å². The highest BCUT2D eigenvalue weighted by molar-refractivity contribution is 9.10. The summed E-state index contributed by atoms with van der Waals surface area (Å²) in [7, 11) is 1.48. The molecule has 0 saturated heterocycles. The largest absolute Gasteiger partial charge is 0.481 e. The van der Waals surface area contributed by atoms with Crippen LogP contribution in [0.5, 0.6) is 11.6 Å². The van der Waals surface area contributed by atoms with E-state index in [1.54, 1.807) is 12.1 Å². The molecule has 0 aliphatic heterocycles. The van der Waals surface area contributed by atoms with Gasteiger partial charge in [0.15, 0.2) is 22.3 Å². The van der Waals surface area contributed by atoms with Gasteiger partial charge in [0, 0.05) is 17.8 Å². The number of aromatic nitrogens is 2. The number of nitrogens with zero attached hydrogens (tertiary/aromatic N) is 2. The summed E-state index contributed by atoms with van der Waals surface area (Å²) in [6.45, 7) is -0.643. The Kier molecular flexibility index (Phi) is 6.09. The van der Waals surface area contributed by atoms with Crippen molar-refractivity contribution < 1.29 is 32.6 Å². The van der Waals surface area contributed by atoms with E-state index in [1.807, 2.05) is 0 Å². The number of primary amides is 1. The lowest BCUT2D eigenvalue weighted by Gasteiger charge is -2.15. The van der Waals surface area contributed by atoms with Crippen LogP contribution in [0.1, 0.15) is 22.4 Å². The van der Waals surface area contributed by atoms with Gasteiger partial charge in [0.25, 0.3) is 5.91 Å². The maximum absolute atomic E-state index is 14.4. The van der Waals surface area contributed by atoms with Crippen molar-refractivity contribution in [3.63, 3.8) is 0 Å². The van der Waals surface area contributed by atoms with Crippen LogP contribution in [-0.4, -0.2) is 34.7 Å². The molecular weight excluding hydrogens is 456 g/mol. The number of pyridine rings is 1. The van der Waals surface area contributed by atoms with Crippen molar-refractivity contribution in [1.82, 2.24) is 9.97 Å². The Balaban J connectivity index is 1.92. The van der Waals surface area contributed by atoms with Crippen LogP contribution in [-0.2, 0) is 0 Å². The van der Waals surface area contributed by atoms with Crippen LogP contribution in [0.25, 0.3) is 11.3 Å². The molecule has 29 heavy (non-hydrogen) atoms. The first-order chi connectivity index (χ1) is 13.8. The molecule has 152 valence electrons. The van der Waals surface area contributed by atoms with E-state index in [2.05, 4.69) is 25.9 Å². The molecule has 3 aromatic rings. The predicted octanol–water partition coefficient (Wildman–Crippen LogP) is 3.00. The summed E-state index contributed by atoms with van der Waals surface area (Å²) < 4.78 is 44.0. The molecule has 0 aliphatic carbocycles. The van der Waals surface area contributed by atoms with E-state index in [1.165, 1.54) is 13.3 Å². The number of rotatable bonds is 7. The van der Waals surface area contributed by atoms with Gasteiger partial charge in [-0.3, -0.25) is 4.79 Å². The summed E-state index contributed by atoms with van der Waals surface area (Å²) in [6, 6.07) is 5.10.